The largest absolute Gasteiger partial charge is 0.365 e. The Kier molecular flexibility index (Phi) is 4.29. The number of rotatable bonds is 3. The van der Waals surface area contributed by atoms with Crippen LogP contribution < -0.4 is 5.32 Å². The van der Waals surface area contributed by atoms with Gasteiger partial charge in [0.25, 0.3) is 11.8 Å². The lowest BCUT2D eigenvalue weighted by Crippen LogP contribution is -2.46. The first-order chi connectivity index (χ1) is 10.6. The minimum atomic E-state index is -0.0208. The first-order valence-electron chi connectivity index (χ1n) is 7.41. The highest BCUT2D eigenvalue weighted by atomic mass is 32.1. The van der Waals surface area contributed by atoms with Crippen LogP contribution in [0.4, 0.5) is 0 Å². The molecule has 0 aliphatic carbocycles. The van der Waals surface area contributed by atoms with Crippen molar-refractivity contribution in [2.75, 3.05) is 13.1 Å². The smallest absolute Gasteiger partial charge is 0.255 e. The number of piperidine rings is 1. The summed E-state index contributed by atoms with van der Waals surface area (Å²) in [5, 5.41) is 6.80. The molecule has 3 heterocycles. The van der Waals surface area contributed by atoms with Crippen molar-refractivity contribution >= 4 is 23.2 Å². The maximum Gasteiger partial charge on any atom is 0.255 e. The molecule has 0 bridgehead atoms. The van der Waals surface area contributed by atoms with Crippen molar-refractivity contribution in [3.8, 4) is 0 Å². The predicted octanol–water partition coefficient (Wildman–Crippen LogP) is 2.42. The first-order valence-corrected chi connectivity index (χ1v) is 8.36. The lowest BCUT2D eigenvalue weighted by atomic mass is 10.0. The minimum absolute atomic E-state index is 0.0208. The van der Waals surface area contributed by atoms with E-state index in [1.165, 1.54) is 11.3 Å². The van der Waals surface area contributed by atoms with Crippen LogP contribution in [-0.4, -0.2) is 40.8 Å². The molecule has 1 aliphatic rings. The molecular weight excluding hydrogens is 298 g/mol. The number of amides is 2. The van der Waals surface area contributed by atoms with Crippen molar-refractivity contribution in [1.82, 2.24) is 15.2 Å². The molecule has 0 unspecified atom stereocenters. The van der Waals surface area contributed by atoms with Crippen LogP contribution in [0.2, 0.25) is 0 Å². The number of likely N-dealkylation sites (tertiary alicyclic amines) is 1. The molecule has 0 atom stereocenters. The number of hydrogen-bond donors (Lipinski definition) is 2. The molecule has 2 N–H and O–H groups in total. The highest BCUT2D eigenvalue weighted by molar-refractivity contribution is 7.08. The van der Waals surface area contributed by atoms with E-state index < -0.39 is 0 Å². The topological polar surface area (TPSA) is 65.2 Å². The molecule has 0 saturated carbocycles. The second-order valence-corrected chi connectivity index (χ2v) is 6.35. The fourth-order valence-corrected chi connectivity index (χ4v) is 3.38. The number of hydrogen-bond acceptors (Lipinski definition) is 3. The van der Waals surface area contributed by atoms with Crippen LogP contribution in [-0.2, 0) is 0 Å². The predicted molar refractivity (Wildman–Crippen MR) is 86.2 cm³/mol. The quantitative estimate of drug-likeness (QED) is 0.913. The second kappa shape index (κ2) is 6.36. The summed E-state index contributed by atoms with van der Waals surface area (Å²) in [5.74, 6) is 0.0499. The minimum Gasteiger partial charge on any atom is -0.365 e. The van der Waals surface area contributed by atoms with E-state index in [1.807, 2.05) is 34.7 Å². The van der Waals surface area contributed by atoms with Gasteiger partial charge >= 0.3 is 0 Å². The van der Waals surface area contributed by atoms with Crippen molar-refractivity contribution in [1.29, 1.82) is 0 Å². The van der Waals surface area contributed by atoms with E-state index in [0.717, 1.165) is 24.1 Å². The molecule has 5 nitrogen and oxygen atoms in total. The Hall–Kier alpha value is -2.08. The van der Waals surface area contributed by atoms with Crippen molar-refractivity contribution in [3.63, 3.8) is 0 Å². The first kappa shape index (κ1) is 14.8. The lowest BCUT2D eigenvalue weighted by Gasteiger charge is -2.32. The Morgan fingerprint density at radius 1 is 1.32 bits per heavy atom. The Morgan fingerprint density at radius 2 is 2.09 bits per heavy atom. The third kappa shape index (κ3) is 3.06. The van der Waals surface area contributed by atoms with Gasteiger partial charge in [-0.1, -0.05) is 0 Å². The van der Waals surface area contributed by atoms with Crippen LogP contribution in [0.15, 0.2) is 29.1 Å². The zero-order valence-corrected chi connectivity index (χ0v) is 13.3. The molecule has 3 rings (SSSR count). The van der Waals surface area contributed by atoms with Crippen molar-refractivity contribution < 1.29 is 9.59 Å². The summed E-state index contributed by atoms with van der Waals surface area (Å²) in [7, 11) is 0. The number of nitrogens with zero attached hydrogens (tertiary/aromatic N) is 1. The summed E-state index contributed by atoms with van der Waals surface area (Å²) in [6, 6.07) is 3.79. The molecule has 0 spiro atoms. The van der Waals surface area contributed by atoms with Crippen molar-refractivity contribution in [2.45, 2.75) is 25.8 Å². The molecule has 2 aromatic heterocycles. The van der Waals surface area contributed by atoms with Crippen molar-refractivity contribution in [2.24, 2.45) is 0 Å². The zero-order valence-electron chi connectivity index (χ0n) is 12.5. The molecule has 22 heavy (non-hydrogen) atoms. The van der Waals surface area contributed by atoms with E-state index in [1.54, 1.807) is 6.20 Å². The van der Waals surface area contributed by atoms with Gasteiger partial charge in [-0.3, -0.25) is 9.59 Å². The molecule has 2 aromatic rings. The van der Waals surface area contributed by atoms with Crippen LogP contribution in [0.1, 0.15) is 39.3 Å². The van der Waals surface area contributed by atoms with Gasteiger partial charge in [0.1, 0.15) is 0 Å². The Bertz CT molecular complexity index is 655. The SMILES string of the molecule is Cc1[nH]ccc1C(=O)N1CCC(NC(=O)c2ccsc2)CC1. The summed E-state index contributed by atoms with van der Waals surface area (Å²) in [6.07, 6.45) is 3.38. The maximum absolute atomic E-state index is 12.4. The van der Waals surface area contributed by atoms with Gasteiger partial charge < -0.3 is 15.2 Å². The number of H-pyrrole nitrogens is 1. The van der Waals surface area contributed by atoms with Gasteiger partial charge in [0, 0.05) is 42.0 Å². The molecule has 116 valence electrons. The van der Waals surface area contributed by atoms with Crippen LogP contribution in [0, 0.1) is 6.92 Å². The van der Waals surface area contributed by atoms with E-state index in [-0.39, 0.29) is 17.9 Å². The number of carbonyl (C=O) groups is 2. The monoisotopic (exact) mass is 317 g/mol. The number of aromatic nitrogens is 1. The summed E-state index contributed by atoms with van der Waals surface area (Å²) in [4.78, 5) is 29.3. The summed E-state index contributed by atoms with van der Waals surface area (Å²) in [5.41, 5.74) is 2.35. The van der Waals surface area contributed by atoms with E-state index in [0.29, 0.717) is 18.7 Å². The molecule has 6 heteroatoms. The highest BCUT2D eigenvalue weighted by Gasteiger charge is 2.25. The molecule has 1 fully saturated rings. The average Bonchev–Trinajstić information content (AvgIpc) is 3.18. The van der Waals surface area contributed by atoms with Crippen molar-refractivity contribution in [3.05, 3.63) is 45.9 Å². The number of aryl methyl sites for hydroxylation is 1. The van der Waals surface area contributed by atoms with Gasteiger partial charge in [-0.15, -0.1) is 0 Å². The number of carbonyl (C=O) groups excluding carboxylic acids is 2. The van der Waals surface area contributed by atoms with E-state index >= 15 is 0 Å². The van der Waals surface area contributed by atoms with Gasteiger partial charge in [0.2, 0.25) is 0 Å². The normalized spacial score (nSPS) is 15.8. The molecule has 0 aromatic carbocycles. The molecular formula is C16H19N3O2S. The number of nitrogens with one attached hydrogen (secondary N) is 2. The Balaban J connectivity index is 1.53. The lowest BCUT2D eigenvalue weighted by molar-refractivity contribution is 0.0697. The third-order valence-electron chi connectivity index (χ3n) is 4.09. The van der Waals surface area contributed by atoms with Crippen LogP contribution in [0.3, 0.4) is 0 Å². The van der Waals surface area contributed by atoms with Crippen LogP contribution >= 0.6 is 11.3 Å². The summed E-state index contributed by atoms with van der Waals surface area (Å²) >= 11 is 1.52. The zero-order chi connectivity index (χ0) is 15.5. The van der Waals surface area contributed by atoms with Gasteiger partial charge in [-0.05, 0) is 37.3 Å². The Labute approximate surface area is 133 Å². The number of thiophene rings is 1. The third-order valence-corrected chi connectivity index (χ3v) is 4.77. The molecule has 0 radical (unpaired) electrons. The molecule has 1 saturated heterocycles. The van der Waals surface area contributed by atoms with Crippen LogP contribution in [0.25, 0.3) is 0 Å². The number of aromatic amines is 1. The fraction of sp³-hybridized carbons (Fsp3) is 0.375. The molecule has 1 aliphatic heterocycles. The molecule has 2 amide bonds. The van der Waals surface area contributed by atoms with Crippen LogP contribution in [0.5, 0.6) is 0 Å². The van der Waals surface area contributed by atoms with E-state index in [2.05, 4.69) is 10.3 Å². The standard InChI is InChI=1S/C16H19N3O2S/c1-11-14(2-6-17-11)16(21)19-7-3-13(4-8-19)18-15(20)12-5-9-22-10-12/h2,5-6,9-10,13,17H,3-4,7-8H2,1H3,(H,18,20). The van der Waals surface area contributed by atoms with Gasteiger partial charge in [0.05, 0.1) is 5.56 Å². The average molecular weight is 317 g/mol. The van der Waals surface area contributed by atoms with E-state index in [9.17, 15) is 9.59 Å². The summed E-state index contributed by atoms with van der Waals surface area (Å²) < 4.78 is 0. The maximum atomic E-state index is 12.4. The second-order valence-electron chi connectivity index (χ2n) is 5.57. The fourth-order valence-electron chi connectivity index (χ4n) is 2.74. The highest BCUT2D eigenvalue weighted by Crippen LogP contribution is 2.16. The van der Waals surface area contributed by atoms with Gasteiger partial charge in [0.15, 0.2) is 0 Å². The van der Waals surface area contributed by atoms with Gasteiger partial charge in [-0.2, -0.15) is 11.3 Å². The van der Waals surface area contributed by atoms with Gasteiger partial charge in [-0.25, -0.2) is 0 Å². The summed E-state index contributed by atoms with van der Waals surface area (Å²) in [6.45, 7) is 3.26. The Morgan fingerprint density at radius 3 is 2.68 bits per heavy atom. The van der Waals surface area contributed by atoms with E-state index in [4.69, 9.17) is 0 Å².